The van der Waals surface area contributed by atoms with Gasteiger partial charge in [0.2, 0.25) is 0 Å². The number of carbonyl (C=O) groups excluding carboxylic acids is 1. The van der Waals surface area contributed by atoms with E-state index in [4.69, 9.17) is 16.3 Å². The lowest BCUT2D eigenvalue weighted by Gasteiger charge is -2.27. The quantitative estimate of drug-likeness (QED) is 0.906. The predicted molar refractivity (Wildman–Crippen MR) is 84.5 cm³/mol. The zero-order valence-corrected chi connectivity index (χ0v) is 13.2. The molecule has 5 heteroatoms. The molecule has 3 nitrogen and oxygen atoms in total. The third kappa shape index (κ3) is 4.21. The van der Waals surface area contributed by atoms with Crippen LogP contribution in [0.1, 0.15) is 19.4 Å². The van der Waals surface area contributed by atoms with Crippen molar-refractivity contribution in [2.24, 2.45) is 0 Å². The third-order valence-corrected chi connectivity index (χ3v) is 3.43. The topological polar surface area (TPSA) is 38.3 Å². The summed E-state index contributed by atoms with van der Waals surface area (Å²) in [5, 5.41) is 3.36. The second kappa shape index (κ2) is 6.79. The summed E-state index contributed by atoms with van der Waals surface area (Å²) in [6, 6.07) is 13.1. The van der Waals surface area contributed by atoms with Crippen molar-refractivity contribution in [2.75, 3.05) is 6.61 Å². The minimum Gasteiger partial charge on any atom is -0.484 e. The highest BCUT2D eigenvalue weighted by Crippen LogP contribution is 2.22. The molecule has 0 unspecified atom stereocenters. The average Bonchev–Trinajstić information content (AvgIpc) is 2.46. The molecule has 0 saturated heterocycles. The van der Waals surface area contributed by atoms with Gasteiger partial charge in [-0.05, 0) is 44.2 Å². The molecule has 0 aliphatic rings. The fourth-order valence-corrected chi connectivity index (χ4v) is 2.23. The first-order chi connectivity index (χ1) is 10.4. The van der Waals surface area contributed by atoms with Crippen LogP contribution in [0.3, 0.4) is 0 Å². The van der Waals surface area contributed by atoms with Crippen LogP contribution in [-0.4, -0.2) is 12.5 Å². The van der Waals surface area contributed by atoms with Gasteiger partial charge < -0.3 is 10.1 Å². The molecule has 0 aromatic heterocycles. The summed E-state index contributed by atoms with van der Waals surface area (Å²) in [6.45, 7) is 3.33. The average molecular weight is 322 g/mol. The summed E-state index contributed by atoms with van der Waals surface area (Å²) >= 11 is 5.77. The monoisotopic (exact) mass is 321 g/mol. The van der Waals surface area contributed by atoms with Crippen molar-refractivity contribution >= 4 is 17.5 Å². The van der Waals surface area contributed by atoms with Crippen LogP contribution in [0, 0.1) is 5.82 Å². The molecule has 0 heterocycles. The highest BCUT2D eigenvalue weighted by molar-refractivity contribution is 6.30. The molecule has 0 atom stereocenters. The van der Waals surface area contributed by atoms with E-state index in [1.807, 2.05) is 0 Å². The molecule has 0 bridgehead atoms. The summed E-state index contributed by atoms with van der Waals surface area (Å²) in [7, 11) is 0. The Hall–Kier alpha value is -2.07. The minimum atomic E-state index is -0.828. The maximum Gasteiger partial charge on any atom is 0.258 e. The summed E-state index contributed by atoms with van der Waals surface area (Å²) in [5.41, 5.74) is -0.402. The lowest BCUT2D eigenvalue weighted by molar-refractivity contribution is -0.124. The Labute approximate surface area is 134 Å². The normalized spacial score (nSPS) is 11.1. The molecule has 1 N–H and O–H groups in total. The maximum atomic E-state index is 13.8. The number of hydrogen-bond acceptors (Lipinski definition) is 2. The maximum absolute atomic E-state index is 13.8. The van der Waals surface area contributed by atoms with Gasteiger partial charge in [-0.15, -0.1) is 0 Å². The van der Waals surface area contributed by atoms with Crippen LogP contribution in [-0.2, 0) is 10.3 Å². The molecule has 1 amide bonds. The van der Waals surface area contributed by atoms with Gasteiger partial charge in [0.25, 0.3) is 5.91 Å². The van der Waals surface area contributed by atoms with Gasteiger partial charge in [0, 0.05) is 10.6 Å². The number of rotatable bonds is 5. The Bertz CT molecular complexity index is 656. The van der Waals surface area contributed by atoms with Gasteiger partial charge in [-0.3, -0.25) is 4.79 Å². The van der Waals surface area contributed by atoms with Gasteiger partial charge in [0.1, 0.15) is 11.6 Å². The van der Waals surface area contributed by atoms with Crippen molar-refractivity contribution < 1.29 is 13.9 Å². The summed E-state index contributed by atoms with van der Waals surface area (Å²) in [6.07, 6.45) is 0. The van der Waals surface area contributed by atoms with Gasteiger partial charge in [-0.25, -0.2) is 4.39 Å². The van der Waals surface area contributed by atoms with Gasteiger partial charge in [-0.2, -0.15) is 0 Å². The van der Waals surface area contributed by atoms with E-state index in [-0.39, 0.29) is 18.3 Å². The van der Waals surface area contributed by atoms with Crippen molar-refractivity contribution in [2.45, 2.75) is 19.4 Å². The van der Waals surface area contributed by atoms with E-state index in [0.717, 1.165) is 0 Å². The number of nitrogens with one attached hydrogen (secondary N) is 1. The van der Waals surface area contributed by atoms with E-state index in [1.54, 1.807) is 56.3 Å². The Balaban J connectivity index is 1.96. The van der Waals surface area contributed by atoms with Gasteiger partial charge in [0.05, 0.1) is 5.54 Å². The van der Waals surface area contributed by atoms with E-state index in [0.29, 0.717) is 16.3 Å². The van der Waals surface area contributed by atoms with Crippen molar-refractivity contribution in [1.82, 2.24) is 5.32 Å². The number of ether oxygens (including phenoxy) is 1. The molecule has 116 valence electrons. The summed E-state index contributed by atoms with van der Waals surface area (Å²) in [5.74, 6) is -0.141. The van der Waals surface area contributed by atoms with Crippen molar-refractivity contribution in [3.8, 4) is 5.75 Å². The predicted octanol–water partition coefficient (Wildman–Crippen LogP) is 3.91. The standard InChI is InChI=1S/C17H17ClFNO2/c1-17(2,14-5-3-4-6-15(14)19)20-16(21)11-22-13-9-7-12(18)8-10-13/h3-10H,11H2,1-2H3,(H,20,21). The molecule has 2 aromatic rings. The molecular formula is C17H17ClFNO2. The van der Waals surface area contributed by atoms with E-state index < -0.39 is 5.54 Å². The van der Waals surface area contributed by atoms with Crippen LogP contribution in [0.25, 0.3) is 0 Å². The highest BCUT2D eigenvalue weighted by atomic mass is 35.5. The second-order valence-corrected chi connectivity index (χ2v) is 5.83. The van der Waals surface area contributed by atoms with Crippen LogP contribution in [0.5, 0.6) is 5.75 Å². The zero-order chi connectivity index (χ0) is 16.2. The first-order valence-corrected chi connectivity index (χ1v) is 7.21. The molecule has 2 rings (SSSR count). The van der Waals surface area contributed by atoms with Crippen molar-refractivity contribution in [1.29, 1.82) is 0 Å². The molecule has 0 aliphatic heterocycles. The van der Waals surface area contributed by atoms with Crippen molar-refractivity contribution in [3.05, 3.63) is 64.9 Å². The zero-order valence-electron chi connectivity index (χ0n) is 12.4. The van der Waals surface area contributed by atoms with Crippen LogP contribution in [0.15, 0.2) is 48.5 Å². The molecule has 0 aliphatic carbocycles. The summed E-state index contributed by atoms with van der Waals surface area (Å²) < 4.78 is 19.2. The molecule has 0 saturated carbocycles. The fourth-order valence-electron chi connectivity index (χ4n) is 2.10. The number of hydrogen-bond donors (Lipinski definition) is 1. The Morgan fingerprint density at radius 3 is 2.45 bits per heavy atom. The molecule has 0 spiro atoms. The number of halogens is 2. The molecule has 22 heavy (non-hydrogen) atoms. The van der Waals surface area contributed by atoms with Crippen LogP contribution in [0.2, 0.25) is 5.02 Å². The van der Waals surface area contributed by atoms with Gasteiger partial charge in [0.15, 0.2) is 6.61 Å². The smallest absolute Gasteiger partial charge is 0.258 e. The van der Waals surface area contributed by atoms with E-state index in [9.17, 15) is 9.18 Å². The number of amides is 1. The number of benzene rings is 2. The lowest BCUT2D eigenvalue weighted by Crippen LogP contribution is -2.43. The first kappa shape index (κ1) is 16.3. The van der Waals surface area contributed by atoms with Crippen LogP contribution < -0.4 is 10.1 Å². The Morgan fingerprint density at radius 1 is 1.18 bits per heavy atom. The van der Waals surface area contributed by atoms with Gasteiger partial charge in [-0.1, -0.05) is 29.8 Å². The van der Waals surface area contributed by atoms with E-state index >= 15 is 0 Å². The van der Waals surface area contributed by atoms with E-state index in [1.165, 1.54) is 6.07 Å². The third-order valence-electron chi connectivity index (χ3n) is 3.18. The molecular weight excluding hydrogens is 305 g/mol. The molecule has 0 fully saturated rings. The van der Waals surface area contributed by atoms with Crippen LogP contribution >= 0.6 is 11.6 Å². The van der Waals surface area contributed by atoms with Gasteiger partial charge >= 0.3 is 0 Å². The SMILES string of the molecule is CC(C)(NC(=O)COc1ccc(Cl)cc1)c1ccccc1F. The first-order valence-electron chi connectivity index (χ1n) is 6.83. The number of carbonyl (C=O) groups is 1. The fraction of sp³-hybridized carbons (Fsp3) is 0.235. The highest BCUT2D eigenvalue weighted by Gasteiger charge is 2.25. The van der Waals surface area contributed by atoms with Crippen molar-refractivity contribution in [3.63, 3.8) is 0 Å². The molecule has 0 radical (unpaired) electrons. The minimum absolute atomic E-state index is 0.153. The van der Waals surface area contributed by atoms with E-state index in [2.05, 4.69) is 5.32 Å². The Kier molecular flexibility index (Phi) is 5.03. The second-order valence-electron chi connectivity index (χ2n) is 5.40. The Morgan fingerprint density at radius 2 is 1.82 bits per heavy atom. The summed E-state index contributed by atoms with van der Waals surface area (Å²) in [4.78, 5) is 12.0. The lowest BCUT2D eigenvalue weighted by atomic mass is 9.94. The van der Waals surface area contributed by atoms with Crippen LogP contribution in [0.4, 0.5) is 4.39 Å². The molecule has 2 aromatic carbocycles. The largest absolute Gasteiger partial charge is 0.484 e.